The van der Waals surface area contributed by atoms with Crippen LogP contribution in [0.3, 0.4) is 0 Å². The Bertz CT molecular complexity index is 947. The maximum Gasteiger partial charge on any atom is 0.244 e. The van der Waals surface area contributed by atoms with Gasteiger partial charge in [0.1, 0.15) is 23.8 Å². The molecule has 1 saturated heterocycles. The van der Waals surface area contributed by atoms with E-state index in [4.69, 9.17) is 4.74 Å². The maximum atomic E-state index is 13.5. The first-order chi connectivity index (χ1) is 13.7. The van der Waals surface area contributed by atoms with Gasteiger partial charge in [-0.1, -0.05) is 6.07 Å². The van der Waals surface area contributed by atoms with Crippen LogP contribution in [-0.4, -0.2) is 43.6 Å². The lowest BCUT2D eigenvalue weighted by atomic mass is 9.94. The fourth-order valence-corrected chi connectivity index (χ4v) is 3.40. The van der Waals surface area contributed by atoms with Crippen LogP contribution in [0.2, 0.25) is 0 Å². The average molecular weight is 381 g/mol. The summed E-state index contributed by atoms with van der Waals surface area (Å²) in [7, 11) is 0. The molecule has 1 unspecified atom stereocenters. The number of hydrogen-bond acceptors (Lipinski definition) is 5. The summed E-state index contributed by atoms with van der Waals surface area (Å²) in [6.45, 7) is 1.46. The Morgan fingerprint density at radius 3 is 2.93 bits per heavy atom. The van der Waals surface area contributed by atoms with Gasteiger partial charge in [-0.2, -0.15) is 5.10 Å². The van der Waals surface area contributed by atoms with Gasteiger partial charge in [0, 0.05) is 49.9 Å². The van der Waals surface area contributed by atoms with Crippen LogP contribution in [0.25, 0.3) is 0 Å². The van der Waals surface area contributed by atoms with Crippen molar-refractivity contribution in [1.82, 2.24) is 24.6 Å². The molecule has 0 spiro atoms. The monoisotopic (exact) mass is 381 g/mol. The summed E-state index contributed by atoms with van der Waals surface area (Å²) in [5, 5.41) is 4.09. The van der Waals surface area contributed by atoms with Crippen molar-refractivity contribution in [3.05, 3.63) is 66.6 Å². The highest BCUT2D eigenvalue weighted by atomic mass is 19.1. The Morgan fingerprint density at radius 2 is 2.11 bits per heavy atom. The number of hydrogen-bond donors (Lipinski definition) is 0. The zero-order valence-corrected chi connectivity index (χ0v) is 15.2. The van der Waals surface area contributed by atoms with E-state index in [0.717, 1.165) is 12.8 Å². The predicted molar refractivity (Wildman–Crippen MR) is 99.3 cm³/mol. The normalized spacial score (nSPS) is 16.8. The Morgan fingerprint density at radius 1 is 1.21 bits per heavy atom. The second-order valence-corrected chi connectivity index (χ2v) is 6.69. The number of likely N-dealkylation sites (tertiary alicyclic amines) is 1. The highest BCUT2D eigenvalue weighted by Gasteiger charge is 2.28. The summed E-state index contributed by atoms with van der Waals surface area (Å²) in [5.41, 5.74) is 0.684. The van der Waals surface area contributed by atoms with E-state index in [1.165, 1.54) is 12.1 Å². The van der Waals surface area contributed by atoms with Gasteiger partial charge >= 0.3 is 0 Å². The zero-order chi connectivity index (χ0) is 19.3. The van der Waals surface area contributed by atoms with Crippen LogP contribution in [0.15, 0.2) is 55.1 Å². The summed E-state index contributed by atoms with van der Waals surface area (Å²) >= 11 is 0. The number of nitrogens with zero attached hydrogens (tertiary/aromatic N) is 5. The number of amides is 1. The van der Waals surface area contributed by atoms with E-state index in [2.05, 4.69) is 15.1 Å². The summed E-state index contributed by atoms with van der Waals surface area (Å²) in [5.74, 6) is 0.358. The summed E-state index contributed by atoms with van der Waals surface area (Å²) < 4.78 is 20.9. The molecule has 1 aliphatic rings. The summed E-state index contributed by atoms with van der Waals surface area (Å²) in [6.07, 6.45) is 8.32. The third-order valence-corrected chi connectivity index (χ3v) is 4.72. The van der Waals surface area contributed by atoms with Gasteiger partial charge in [-0.3, -0.25) is 14.5 Å². The van der Waals surface area contributed by atoms with E-state index in [0.29, 0.717) is 30.4 Å². The lowest BCUT2D eigenvalue weighted by molar-refractivity contribution is -0.133. The van der Waals surface area contributed by atoms with Crippen LogP contribution in [0.5, 0.6) is 11.6 Å². The highest BCUT2D eigenvalue weighted by Crippen LogP contribution is 2.32. The molecule has 144 valence electrons. The summed E-state index contributed by atoms with van der Waals surface area (Å²) in [6, 6.07) is 7.70. The molecule has 2 aromatic heterocycles. The standard InChI is InChI=1S/C20H20FN5O2/c21-16-5-1-6-17(12-16)28-20-19(22-8-9-23-20)15-4-2-10-25(13-15)18(27)14-26-11-3-7-24-26/h1,3,5-9,11-12,15H,2,4,10,13-14H2. The Labute approximate surface area is 161 Å². The van der Waals surface area contributed by atoms with Crippen LogP contribution in [0.1, 0.15) is 24.5 Å². The molecule has 1 aromatic carbocycles. The molecule has 7 nitrogen and oxygen atoms in total. The Balaban J connectivity index is 1.50. The first-order valence-corrected chi connectivity index (χ1v) is 9.18. The smallest absolute Gasteiger partial charge is 0.244 e. The van der Waals surface area contributed by atoms with Crippen LogP contribution in [0.4, 0.5) is 4.39 Å². The van der Waals surface area contributed by atoms with Crippen molar-refractivity contribution in [2.24, 2.45) is 0 Å². The molecular weight excluding hydrogens is 361 g/mol. The van der Waals surface area contributed by atoms with Gasteiger partial charge in [-0.25, -0.2) is 9.37 Å². The minimum atomic E-state index is -0.379. The molecule has 0 saturated carbocycles. The zero-order valence-electron chi connectivity index (χ0n) is 15.2. The Kier molecular flexibility index (Phi) is 5.27. The van der Waals surface area contributed by atoms with Gasteiger partial charge in [0.25, 0.3) is 0 Å². The lowest BCUT2D eigenvalue weighted by Gasteiger charge is -2.32. The molecule has 3 heterocycles. The largest absolute Gasteiger partial charge is 0.437 e. The van der Waals surface area contributed by atoms with Crippen LogP contribution < -0.4 is 4.74 Å². The van der Waals surface area contributed by atoms with E-state index in [1.54, 1.807) is 47.7 Å². The van der Waals surface area contributed by atoms with Crippen molar-refractivity contribution in [2.75, 3.05) is 13.1 Å². The quantitative estimate of drug-likeness (QED) is 0.679. The van der Waals surface area contributed by atoms with Gasteiger partial charge in [-0.05, 0) is 31.0 Å². The van der Waals surface area contributed by atoms with Crippen molar-refractivity contribution >= 4 is 5.91 Å². The molecule has 8 heteroatoms. The second kappa shape index (κ2) is 8.16. The first kappa shape index (κ1) is 18.1. The van der Waals surface area contributed by atoms with E-state index >= 15 is 0 Å². The number of ether oxygens (including phenoxy) is 1. The predicted octanol–water partition coefficient (Wildman–Crippen LogP) is 3.01. The molecule has 0 N–H and O–H groups in total. The molecule has 0 aliphatic carbocycles. The van der Waals surface area contributed by atoms with Crippen LogP contribution in [-0.2, 0) is 11.3 Å². The third kappa shape index (κ3) is 4.16. The van der Waals surface area contributed by atoms with Crippen LogP contribution >= 0.6 is 0 Å². The number of rotatable bonds is 5. The first-order valence-electron chi connectivity index (χ1n) is 9.18. The molecular formula is C20H20FN5O2. The van der Waals surface area contributed by atoms with Crippen molar-refractivity contribution in [3.63, 3.8) is 0 Å². The molecule has 4 rings (SSSR count). The molecule has 28 heavy (non-hydrogen) atoms. The lowest BCUT2D eigenvalue weighted by Crippen LogP contribution is -2.41. The van der Waals surface area contributed by atoms with Gasteiger partial charge in [0.15, 0.2) is 0 Å². The number of aromatic nitrogens is 4. The summed E-state index contributed by atoms with van der Waals surface area (Å²) in [4.78, 5) is 23.2. The van der Waals surface area contributed by atoms with Crippen molar-refractivity contribution < 1.29 is 13.9 Å². The molecule has 1 atom stereocenters. The van der Waals surface area contributed by atoms with E-state index in [9.17, 15) is 9.18 Å². The molecule has 0 radical (unpaired) electrons. The SMILES string of the molecule is O=C(Cn1cccn1)N1CCCC(c2nccnc2Oc2cccc(F)c2)C1. The molecule has 3 aromatic rings. The molecule has 1 aliphatic heterocycles. The number of carbonyl (C=O) groups excluding carboxylic acids is 1. The number of halogens is 1. The fourth-order valence-electron chi connectivity index (χ4n) is 3.40. The Hall–Kier alpha value is -3.29. The highest BCUT2D eigenvalue weighted by molar-refractivity contribution is 5.76. The molecule has 0 bridgehead atoms. The number of benzene rings is 1. The number of carbonyl (C=O) groups is 1. The maximum absolute atomic E-state index is 13.5. The topological polar surface area (TPSA) is 73.1 Å². The van der Waals surface area contributed by atoms with E-state index < -0.39 is 0 Å². The average Bonchev–Trinajstić information content (AvgIpc) is 3.22. The molecule has 1 fully saturated rings. The van der Waals surface area contributed by atoms with E-state index in [1.807, 2.05) is 4.90 Å². The number of piperidine rings is 1. The fraction of sp³-hybridized carbons (Fsp3) is 0.300. The second-order valence-electron chi connectivity index (χ2n) is 6.69. The van der Waals surface area contributed by atoms with Crippen molar-refractivity contribution in [1.29, 1.82) is 0 Å². The van der Waals surface area contributed by atoms with Crippen molar-refractivity contribution in [2.45, 2.75) is 25.3 Å². The van der Waals surface area contributed by atoms with Gasteiger partial charge in [0.05, 0.1) is 0 Å². The molecule has 1 amide bonds. The third-order valence-electron chi connectivity index (χ3n) is 4.72. The minimum absolute atomic E-state index is 0.00702. The van der Waals surface area contributed by atoms with Gasteiger partial charge < -0.3 is 9.64 Å². The van der Waals surface area contributed by atoms with Gasteiger partial charge in [0.2, 0.25) is 11.8 Å². The van der Waals surface area contributed by atoms with Crippen LogP contribution in [0, 0.1) is 5.82 Å². The van der Waals surface area contributed by atoms with E-state index in [-0.39, 0.29) is 24.2 Å². The van der Waals surface area contributed by atoms with Crippen molar-refractivity contribution in [3.8, 4) is 11.6 Å². The minimum Gasteiger partial charge on any atom is -0.437 e. The van der Waals surface area contributed by atoms with Gasteiger partial charge in [-0.15, -0.1) is 0 Å².